The third kappa shape index (κ3) is 4.41. The van der Waals surface area contributed by atoms with Gasteiger partial charge in [0.25, 0.3) is 5.91 Å². The molecule has 0 unspecified atom stereocenters. The van der Waals surface area contributed by atoms with Crippen molar-refractivity contribution in [3.63, 3.8) is 0 Å². The molecule has 4 heterocycles. The summed E-state index contributed by atoms with van der Waals surface area (Å²) in [6.07, 6.45) is 6.59. The van der Waals surface area contributed by atoms with Crippen molar-refractivity contribution in [2.24, 2.45) is 0 Å². The van der Waals surface area contributed by atoms with Gasteiger partial charge in [-0.25, -0.2) is 9.97 Å². The summed E-state index contributed by atoms with van der Waals surface area (Å²) in [4.78, 5) is 27.3. The summed E-state index contributed by atoms with van der Waals surface area (Å²) >= 11 is 0. The van der Waals surface area contributed by atoms with Crippen LogP contribution in [0.25, 0.3) is 33.2 Å². The van der Waals surface area contributed by atoms with Crippen LogP contribution in [0.1, 0.15) is 10.5 Å². The Morgan fingerprint density at radius 2 is 1.81 bits per heavy atom. The van der Waals surface area contributed by atoms with E-state index < -0.39 is 0 Å². The van der Waals surface area contributed by atoms with Gasteiger partial charge in [-0.2, -0.15) is 15.3 Å². The Morgan fingerprint density at radius 1 is 0.892 bits per heavy atom. The number of aromatic amines is 2. The number of nitrogens with one attached hydrogen (secondary N) is 4. The van der Waals surface area contributed by atoms with Crippen molar-refractivity contribution in [2.75, 3.05) is 29.6 Å². The first-order valence-electron chi connectivity index (χ1n) is 11.5. The predicted octanol–water partition coefficient (Wildman–Crippen LogP) is 4.35. The Hall–Kier alpha value is -5.32. The van der Waals surface area contributed by atoms with Crippen molar-refractivity contribution < 1.29 is 4.79 Å². The maximum atomic E-state index is 12.7. The highest BCUT2D eigenvalue weighted by Gasteiger charge is 2.14. The highest BCUT2D eigenvalue weighted by molar-refractivity contribution is 6.06. The molecule has 0 spiro atoms. The number of carbonyl (C=O) groups excluding carboxylic acids is 1. The van der Waals surface area contributed by atoms with Crippen molar-refractivity contribution in [1.82, 2.24) is 35.3 Å². The highest BCUT2D eigenvalue weighted by atomic mass is 16.1. The fraction of sp³-hybridized carbons (Fsp3) is 0.0769. The fourth-order valence-corrected chi connectivity index (χ4v) is 4.04. The van der Waals surface area contributed by atoms with E-state index in [0.717, 1.165) is 38.7 Å². The van der Waals surface area contributed by atoms with Gasteiger partial charge in [-0.05, 0) is 36.4 Å². The number of hydrogen-bond donors (Lipinski definition) is 4. The van der Waals surface area contributed by atoms with Crippen molar-refractivity contribution in [3.05, 3.63) is 79.0 Å². The van der Waals surface area contributed by atoms with Crippen molar-refractivity contribution >= 4 is 50.6 Å². The van der Waals surface area contributed by atoms with Gasteiger partial charge in [-0.3, -0.25) is 9.89 Å². The molecule has 1 amide bonds. The molecule has 2 aromatic carbocycles. The first kappa shape index (κ1) is 22.2. The number of amides is 1. The lowest BCUT2D eigenvalue weighted by Gasteiger charge is -2.18. The Morgan fingerprint density at radius 3 is 2.65 bits per heavy atom. The number of rotatable bonds is 6. The smallest absolute Gasteiger partial charge is 0.272 e. The lowest BCUT2D eigenvalue weighted by Crippen LogP contribution is -2.13. The van der Waals surface area contributed by atoms with Crippen LogP contribution in [-0.4, -0.2) is 55.3 Å². The molecule has 0 bridgehead atoms. The number of benzene rings is 2. The quantitative estimate of drug-likeness (QED) is 0.270. The standard InChI is InChI=1S/C26H22N10O/c1-36(2)23-14-27-24(34-25(23)31-18-5-6-20-17(9-18)12-30-35-20)16-4-3-15-10-22(33-21(15)11-16)26(37)32-19-7-8-28-29-13-19/h3-14,33H,1-2H3,(H,30,35)(H,27,31,34)(H,28,32,37). The van der Waals surface area contributed by atoms with Crippen molar-refractivity contribution in [2.45, 2.75) is 0 Å². The molecule has 0 fully saturated rings. The summed E-state index contributed by atoms with van der Waals surface area (Å²) in [6.45, 7) is 0. The summed E-state index contributed by atoms with van der Waals surface area (Å²) in [7, 11) is 3.89. The molecule has 11 nitrogen and oxygen atoms in total. The van der Waals surface area contributed by atoms with E-state index in [0.29, 0.717) is 23.0 Å². The monoisotopic (exact) mass is 490 g/mol. The van der Waals surface area contributed by atoms with E-state index >= 15 is 0 Å². The molecule has 11 heteroatoms. The van der Waals surface area contributed by atoms with Gasteiger partial charge < -0.3 is 20.5 Å². The van der Waals surface area contributed by atoms with E-state index in [9.17, 15) is 4.79 Å². The van der Waals surface area contributed by atoms with Gasteiger partial charge in [0.05, 0.1) is 41.7 Å². The lowest BCUT2D eigenvalue weighted by molar-refractivity contribution is 0.102. The molecule has 0 aliphatic rings. The second-order valence-corrected chi connectivity index (χ2v) is 8.69. The number of nitrogens with zero attached hydrogens (tertiary/aromatic N) is 6. The first-order valence-corrected chi connectivity index (χ1v) is 11.5. The Balaban J connectivity index is 1.31. The summed E-state index contributed by atoms with van der Waals surface area (Å²) in [5, 5.41) is 22.7. The van der Waals surface area contributed by atoms with Crippen LogP contribution in [-0.2, 0) is 0 Å². The van der Waals surface area contributed by atoms with E-state index in [1.165, 1.54) is 12.4 Å². The number of hydrogen-bond acceptors (Lipinski definition) is 8. The zero-order chi connectivity index (χ0) is 25.4. The van der Waals surface area contributed by atoms with Crippen LogP contribution in [0.4, 0.5) is 22.9 Å². The third-order valence-electron chi connectivity index (χ3n) is 5.92. The van der Waals surface area contributed by atoms with Gasteiger partial charge in [0.2, 0.25) is 0 Å². The van der Waals surface area contributed by atoms with Gasteiger partial charge in [0.1, 0.15) is 5.69 Å². The molecule has 0 radical (unpaired) electrons. The van der Waals surface area contributed by atoms with Gasteiger partial charge in [-0.15, -0.1) is 0 Å². The maximum absolute atomic E-state index is 12.7. The number of anilines is 4. The van der Waals surface area contributed by atoms with Crippen LogP contribution < -0.4 is 15.5 Å². The summed E-state index contributed by atoms with van der Waals surface area (Å²) in [5.74, 6) is 0.969. The zero-order valence-electron chi connectivity index (χ0n) is 20.0. The molecule has 4 N–H and O–H groups in total. The Kier molecular flexibility index (Phi) is 5.41. The van der Waals surface area contributed by atoms with Gasteiger partial charge in [0.15, 0.2) is 11.6 Å². The second-order valence-electron chi connectivity index (χ2n) is 8.69. The van der Waals surface area contributed by atoms with E-state index in [1.807, 2.05) is 55.4 Å². The van der Waals surface area contributed by atoms with Crippen LogP contribution >= 0.6 is 0 Å². The van der Waals surface area contributed by atoms with E-state index in [2.05, 4.69) is 41.0 Å². The molecule has 0 aliphatic carbocycles. The molecule has 6 rings (SSSR count). The lowest BCUT2D eigenvalue weighted by atomic mass is 10.1. The van der Waals surface area contributed by atoms with Gasteiger partial charge in [-0.1, -0.05) is 12.1 Å². The summed E-state index contributed by atoms with van der Waals surface area (Å²) in [5.41, 5.74) is 5.33. The number of fused-ring (bicyclic) bond motifs is 2. The van der Waals surface area contributed by atoms with Crippen LogP contribution in [0.5, 0.6) is 0 Å². The molecule has 0 saturated carbocycles. The third-order valence-corrected chi connectivity index (χ3v) is 5.92. The molecular formula is C26H22N10O. The van der Waals surface area contributed by atoms with Gasteiger partial charge >= 0.3 is 0 Å². The normalized spacial score (nSPS) is 11.1. The molecule has 37 heavy (non-hydrogen) atoms. The minimum Gasteiger partial charge on any atom is -0.373 e. The summed E-state index contributed by atoms with van der Waals surface area (Å²) in [6, 6.07) is 15.3. The van der Waals surface area contributed by atoms with Crippen molar-refractivity contribution in [3.8, 4) is 11.4 Å². The second kappa shape index (κ2) is 9.04. The van der Waals surface area contributed by atoms with Crippen molar-refractivity contribution in [1.29, 1.82) is 0 Å². The number of carbonyl (C=O) groups is 1. The zero-order valence-corrected chi connectivity index (χ0v) is 20.0. The fourth-order valence-electron chi connectivity index (χ4n) is 4.04. The average molecular weight is 491 g/mol. The van der Waals surface area contributed by atoms with Crippen LogP contribution in [0, 0.1) is 0 Å². The van der Waals surface area contributed by atoms with E-state index in [-0.39, 0.29) is 5.91 Å². The van der Waals surface area contributed by atoms with Gasteiger partial charge in [0, 0.05) is 41.6 Å². The van der Waals surface area contributed by atoms with E-state index in [4.69, 9.17) is 4.98 Å². The molecule has 0 aliphatic heterocycles. The van der Waals surface area contributed by atoms with Crippen LogP contribution in [0.15, 0.2) is 73.3 Å². The first-order chi connectivity index (χ1) is 18.0. The minimum atomic E-state index is -0.265. The largest absolute Gasteiger partial charge is 0.373 e. The maximum Gasteiger partial charge on any atom is 0.272 e. The highest BCUT2D eigenvalue weighted by Crippen LogP contribution is 2.30. The molecule has 0 saturated heterocycles. The van der Waals surface area contributed by atoms with Crippen LogP contribution in [0.3, 0.4) is 0 Å². The average Bonchev–Trinajstić information content (AvgIpc) is 3.55. The molecule has 0 atom stereocenters. The molecule has 6 aromatic rings. The topological polar surface area (TPSA) is 140 Å². The molecule has 182 valence electrons. The Labute approximate surface area is 211 Å². The number of H-pyrrole nitrogens is 2. The molecular weight excluding hydrogens is 468 g/mol. The SMILES string of the molecule is CN(C)c1cnc(-c2ccc3cc(C(=O)Nc4ccnnc4)[nH]c3c2)nc1Nc1ccc2[nH]ncc2c1. The number of aromatic nitrogens is 7. The van der Waals surface area contributed by atoms with Crippen LogP contribution in [0.2, 0.25) is 0 Å². The summed E-state index contributed by atoms with van der Waals surface area (Å²) < 4.78 is 0. The minimum absolute atomic E-state index is 0.265. The molecule has 4 aromatic heterocycles. The predicted molar refractivity (Wildman–Crippen MR) is 143 cm³/mol. The Bertz CT molecular complexity index is 1740. The van der Waals surface area contributed by atoms with E-state index in [1.54, 1.807) is 24.5 Å².